The number of hydrogen-bond donors (Lipinski definition) is 2. The molecular weight excluding hydrogens is 338 g/mol. The Labute approximate surface area is 152 Å². The number of carboxylic acid groups (broad SMARTS) is 1. The molecule has 0 aromatic heterocycles. The molecule has 0 aliphatic carbocycles. The Bertz CT molecular complexity index is 794. The highest BCUT2D eigenvalue weighted by Crippen LogP contribution is 2.41. The number of ether oxygens (including phenoxy) is 2. The van der Waals surface area contributed by atoms with Crippen LogP contribution in [-0.2, 0) is 27.4 Å². The lowest BCUT2D eigenvalue weighted by molar-refractivity contribution is -0.137. The number of carbonyl (C=O) groups is 3. The zero-order valence-corrected chi connectivity index (χ0v) is 15.4. The smallest absolute Gasteiger partial charge is 0.341 e. The van der Waals surface area contributed by atoms with Crippen LogP contribution in [0.15, 0.2) is 11.6 Å². The number of rotatable bonds is 7. The molecule has 0 spiro atoms. The van der Waals surface area contributed by atoms with Crippen LogP contribution in [0, 0.1) is 6.92 Å². The van der Waals surface area contributed by atoms with Crippen LogP contribution in [-0.4, -0.2) is 30.1 Å². The summed E-state index contributed by atoms with van der Waals surface area (Å²) in [4.78, 5) is 34.6. The third kappa shape index (κ3) is 4.04. The molecular formula is C19H23NO6. The molecule has 0 bridgehead atoms. The summed E-state index contributed by atoms with van der Waals surface area (Å²) in [6, 6.07) is 0. The predicted octanol–water partition coefficient (Wildman–Crippen LogP) is 2.99. The number of cyclic esters (lactones) is 1. The fourth-order valence-electron chi connectivity index (χ4n) is 3.05. The van der Waals surface area contributed by atoms with Gasteiger partial charge in [0.1, 0.15) is 12.4 Å². The second-order valence-electron chi connectivity index (χ2n) is 6.27. The van der Waals surface area contributed by atoms with Crippen molar-refractivity contribution in [2.45, 2.75) is 46.6 Å². The van der Waals surface area contributed by atoms with E-state index in [2.05, 4.69) is 5.32 Å². The molecule has 1 heterocycles. The first kappa shape index (κ1) is 19.5. The summed E-state index contributed by atoms with van der Waals surface area (Å²) in [5, 5.41) is 11.5. The standard InChI is InChI=1S/C19H23NO6/c1-10(6-8-15(22)23)5-7-13-17(20-12(3)21)16-14(9-26-19(16)24)11(2)18(13)25-4/h5H,6-9H2,1-4H3,(H,20,21)(H,22,23). The van der Waals surface area contributed by atoms with E-state index in [-0.39, 0.29) is 18.9 Å². The fourth-order valence-corrected chi connectivity index (χ4v) is 3.05. The van der Waals surface area contributed by atoms with Crippen LogP contribution in [0.3, 0.4) is 0 Å². The van der Waals surface area contributed by atoms with E-state index >= 15 is 0 Å². The first-order valence-corrected chi connectivity index (χ1v) is 8.30. The van der Waals surface area contributed by atoms with Crippen molar-refractivity contribution >= 4 is 23.5 Å². The molecule has 0 saturated carbocycles. The molecule has 1 aromatic carbocycles. The van der Waals surface area contributed by atoms with Crippen LogP contribution in [0.5, 0.6) is 5.75 Å². The summed E-state index contributed by atoms with van der Waals surface area (Å²) in [5.74, 6) is -1.04. The maximum atomic E-state index is 12.2. The number of amides is 1. The van der Waals surface area contributed by atoms with Crippen LogP contribution in [0.2, 0.25) is 0 Å². The van der Waals surface area contributed by atoms with Gasteiger partial charge in [0.15, 0.2) is 0 Å². The van der Waals surface area contributed by atoms with Crippen LogP contribution in [0.25, 0.3) is 0 Å². The predicted molar refractivity (Wildman–Crippen MR) is 95.5 cm³/mol. The number of carbonyl (C=O) groups excluding carboxylic acids is 2. The molecule has 0 saturated heterocycles. The van der Waals surface area contributed by atoms with Gasteiger partial charge in [-0.05, 0) is 32.3 Å². The second-order valence-corrected chi connectivity index (χ2v) is 6.27. The molecule has 0 atom stereocenters. The largest absolute Gasteiger partial charge is 0.496 e. The Balaban J connectivity index is 2.52. The van der Waals surface area contributed by atoms with E-state index in [1.54, 1.807) is 0 Å². The van der Waals surface area contributed by atoms with Crippen LogP contribution >= 0.6 is 0 Å². The highest BCUT2D eigenvalue weighted by Gasteiger charge is 2.32. The number of aliphatic carboxylic acids is 1. The molecule has 0 radical (unpaired) electrons. The minimum Gasteiger partial charge on any atom is -0.496 e. The van der Waals surface area contributed by atoms with Gasteiger partial charge in [0.05, 0.1) is 18.4 Å². The zero-order chi connectivity index (χ0) is 19.4. The Morgan fingerprint density at radius 3 is 2.58 bits per heavy atom. The third-order valence-corrected chi connectivity index (χ3v) is 4.37. The number of fused-ring (bicyclic) bond motifs is 1. The minimum absolute atomic E-state index is 0.0492. The molecule has 26 heavy (non-hydrogen) atoms. The van der Waals surface area contributed by atoms with Gasteiger partial charge in [-0.15, -0.1) is 0 Å². The summed E-state index contributed by atoms with van der Waals surface area (Å²) in [6.07, 6.45) is 2.76. The maximum Gasteiger partial charge on any atom is 0.341 e. The van der Waals surface area contributed by atoms with Crippen LogP contribution in [0.1, 0.15) is 53.7 Å². The Hall–Kier alpha value is -2.83. The van der Waals surface area contributed by atoms with Gasteiger partial charge in [-0.3, -0.25) is 9.59 Å². The number of allylic oxidation sites excluding steroid dienone is 2. The van der Waals surface area contributed by atoms with E-state index in [9.17, 15) is 14.4 Å². The third-order valence-electron chi connectivity index (χ3n) is 4.37. The average molecular weight is 361 g/mol. The molecule has 1 aliphatic rings. The lowest BCUT2D eigenvalue weighted by atomic mass is 9.93. The number of nitrogens with one attached hydrogen (secondary N) is 1. The Kier molecular flexibility index (Phi) is 6.02. The van der Waals surface area contributed by atoms with Crippen molar-refractivity contribution in [1.29, 1.82) is 0 Å². The molecule has 7 heteroatoms. The van der Waals surface area contributed by atoms with Gasteiger partial charge in [-0.2, -0.15) is 0 Å². The van der Waals surface area contributed by atoms with Crippen molar-refractivity contribution in [3.05, 3.63) is 33.9 Å². The highest BCUT2D eigenvalue weighted by molar-refractivity contribution is 6.05. The summed E-state index contributed by atoms with van der Waals surface area (Å²) in [6.45, 7) is 5.22. The molecule has 2 N–H and O–H groups in total. The molecule has 140 valence electrons. The second kappa shape index (κ2) is 8.03. The quantitative estimate of drug-likeness (QED) is 0.572. The number of anilines is 1. The van der Waals surface area contributed by atoms with E-state index in [0.29, 0.717) is 41.0 Å². The minimum atomic E-state index is -0.856. The van der Waals surface area contributed by atoms with Gasteiger partial charge < -0.3 is 19.9 Å². The Morgan fingerprint density at radius 2 is 2.00 bits per heavy atom. The lowest BCUT2D eigenvalue weighted by Crippen LogP contribution is -2.14. The lowest BCUT2D eigenvalue weighted by Gasteiger charge is -2.19. The number of hydrogen-bond acceptors (Lipinski definition) is 5. The number of benzene rings is 1. The summed E-state index contributed by atoms with van der Waals surface area (Å²) < 4.78 is 10.7. The van der Waals surface area contributed by atoms with E-state index in [1.165, 1.54) is 14.0 Å². The van der Waals surface area contributed by atoms with E-state index in [1.807, 2.05) is 19.9 Å². The van der Waals surface area contributed by atoms with Gasteiger partial charge in [0.2, 0.25) is 5.91 Å². The van der Waals surface area contributed by atoms with Gasteiger partial charge in [-0.1, -0.05) is 11.6 Å². The van der Waals surface area contributed by atoms with E-state index in [0.717, 1.165) is 11.1 Å². The van der Waals surface area contributed by atoms with Crippen LogP contribution in [0.4, 0.5) is 5.69 Å². The topological polar surface area (TPSA) is 102 Å². The zero-order valence-electron chi connectivity index (χ0n) is 15.4. The number of carboxylic acids is 1. The average Bonchev–Trinajstić information content (AvgIpc) is 2.95. The summed E-state index contributed by atoms with van der Waals surface area (Å²) in [7, 11) is 1.54. The first-order valence-electron chi connectivity index (χ1n) is 8.30. The SMILES string of the molecule is COc1c(C)c2c(c(NC(C)=O)c1CC=C(C)CCC(=O)O)C(=O)OC2. The molecule has 2 rings (SSSR count). The molecule has 1 amide bonds. The Morgan fingerprint density at radius 1 is 1.31 bits per heavy atom. The van der Waals surface area contributed by atoms with Gasteiger partial charge in [0, 0.05) is 24.5 Å². The maximum absolute atomic E-state index is 12.2. The highest BCUT2D eigenvalue weighted by atomic mass is 16.5. The van der Waals surface area contributed by atoms with Crippen molar-refractivity contribution in [3.63, 3.8) is 0 Å². The van der Waals surface area contributed by atoms with Crippen molar-refractivity contribution in [3.8, 4) is 5.75 Å². The van der Waals surface area contributed by atoms with E-state index in [4.69, 9.17) is 14.6 Å². The monoisotopic (exact) mass is 361 g/mol. The van der Waals surface area contributed by atoms with Gasteiger partial charge in [-0.25, -0.2) is 4.79 Å². The van der Waals surface area contributed by atoms with Gasteiger partial charge in [0.25, 0.3) is 0 Å². The summed E-state index contributed by atoms with van der Waals surface area (Å²) >= 11 is 0. The molecule has 7 nitrogen and oxygen atoms in total. The molecule has 0 unspecified atom stereocenters. The van der Waals surface area contributed by atoms with Crippen molar-refractivity contribution in [2.75, 3.05) is 12.4 Å². The van der Waals surface area contributed by atoms with Crippen LogP contribution < -0.4 is 10.1 Å². The number of methoxy groups -OCH3 is 1. The normalized spacial score (nSPS) is 13.2. The fraction of sp³-hybridized carbons (Fsp3) is 0.421. The number of esters is 1. The van der Waals surface area contributed by atoms with E-state index < -0.39 is 11.9 Å². The van der Waals surface area contributed by atoms with Crippen molar-refractivity contribution < 1.29 is 29.0 Å². The summed E-state index contributed by atoms with van der Waals surface area (Å²) in [5.41, 5.74) is 3.86. The molecule has 1 aromatic rings. The van der Waals surface area contributed by atoms with Gasteiger partial charge >= 0.3 is 11.9 Å². The molecule has 0 fully saturated rings. The molecule has 1 aliphatic heterocycles. The van der Waals surface area contributed by atoms with Crippen molar-refractivity contribution in [1.82, 2.24) is 0 Å². The first-order chi connectivity index (χ1) is 12.3. The van der Waals surface area contributed by atoms with Crippen molar-refractivity contribution in [2.24, 2.45) is 0 Å².